The fraction of sp³-hybridized carbons (Fsp3) is 0.0164. The van der Waals surface area contributed by atoms with Crippen molar-refractivity contribution in [2.75, 3.05) is 4.90 Å². The molecule has 0 amide bonds. The van der Waals surface area contributed by atoms with E-state index >= 15 is 0 Å². The molecular weight excluding hydrogens is 761 g/mol. The van der Waals surface area contributed by atoms with Crippen molar-refractivity contribution in [2.45, 2.75) is 5.41 Å². The maximum absolute atomic E-state index is 2.37. The fourth-order valence-electron chi connectivity index (χ4n) is 11.0. The maximum atomic E-state index is 2.37. The summed E-state index contributed by atoms with van der Waals surface area (Å²) in [6.45, 7) is 0. The first-order valence-corrected chi connectivity index (χ1v) is 21.8. The third kappa shape index (κ3) is 5.19. The van der Waals surface area contributed by atoms with Gasteiger partial charge in [0.05, 0.1) is 16.4 Å². The van der Waals surface area contributed by atoms with Gasteiger partial charge in [-0.05, 0) is 127 Å². The maximum Gasteiger partial charge on any atom is 0.0731 e. The van der Waals surface area contributed by atoms with Gasteiger partial charge in [-0.2, -0.15) is 0 Å². The Morgan fingerprint density at radius 1 is 0.286 bits per heavy atom. The summed E-state index contributed by atoms with van der Waals surface area (Å²) in [5.41, 5.74) is 22.1. The molecule has 0 N–H and O–H groups in total. The number of aromatic nitrogens is 1. The van der Waals surface area contributed by atoms with E-state index in [1.165, 1.54) is 88.6 Å². The molecule has 0 bridgehead atoms. The Kier molecular flexibility index (Phi) is 7.85. The normalized spacial score (nSPS) is 12.9. The van der Waals surface area contributed by atoms with Crippen LogP contribution in [-0.2, 0) is 5.41 Å². The standard InChI is InChI=1S/C61H40N2/c1-2-15-44(16-3-1)62(45-35-29-41(30-36-45)42-31-37-47(38-32-42)63-58-27-12-7-20-52(58)53-21-8-13-28-59(53)63)46-39-33-43(34-40-46)48-22-14-23-54-51-19-6-11-26-57(51)61(60(48)54)55-24-9-4-17-49(55)50-18-5-10-25-56(50)61/h1-40H. The molecule has 2 heteroatoms. The van der Waals surface area contributed by atoms with Crippen LogP contribution in [0.2, 0.25) is 0 Å². The van der Waals surface area contributed by atoms with Gasteiger partial charge in [-0.15, -0.1) is 0 Å². The van der Waals surface area contributed by atoms with Gasteiger partial charge in [-0.3, -0.25) is 0 Å². The molecule has 1 spiro atoms. The SMILES string of the molecule is c1ccc(N(c2ccc(-c3ccc(-n4c5ccccc5c5ccccc54)cc3)cc2)c2ccc(-c3cccc4c3C3(c5ccccc5-c5ccccc53)c3ccccc3-4)cc2)cc1. The third-order valence-corrected chi connectivity index (χ3v) is 13.6. The van der Waals surface area contributed by atoms with Crippen LogP contribution < -0.4 is 4.90 Å². The number of benzene rings is 10. The Balaban J connectivity index is 0.875. The highest BCUT2D eigenvalue weighted by molar-refractivity contribution is 6.09. The van der Waals surface area contributed by atoms with Gasteiger partial charge in [0.2, 0.25) is 0 Å². The lowest BCUT2D eigenvalue weighted by Crippen LogP contribution is -2.26. The van der Waals surface area contributed by atoms with Crippen LogP contribution in [0.3, 0.4) is 0 Å². The predicted octanol–water partition coefficient (Wildman–Crippen LogP) is 15.9. The lowest BCUT2D eigenvalue weighted by atomic mass is 9.68. The average Bonchev–Trinajstić information content (AvgIpc) is 3.97. The molecule has 0 saturated carbocycles. The van der Waals surface area contributed by atoms with Crippen LogP contribution >= 0.6 is 0 Å². The van der Waals surface area contributed by atoms with Crippen molar-refractivity contribution in [3.05, 3.63) is 265 Å². The summed E-state index contributed by atoms with van der Waals surface area (Å²) in [6, 6.07) is 89.2. The van der Waals surface area contributed by atoms with Crippen LogP contribution in [-0.4, -0.2) is 4.57 Å². The second-order valence-electron chi connectivity index (χ2n) is 16.8. The lowest BCUT2D eigenvalue weighted by Gasteiger charge is -2.32. The molecule has 10 aromatic carbocycles. The third-order valence-electron chi connectivity index (χ3n) is 13.6. The summed E-state index contributed by atoms with van der Waals surface area (Å²) in [6.07, 6.45) is 0. The highest BCUT2D eigenvalue weighted by atomic mass is 15.1. The minimum absolute atomic E-state index is 0.405. The molecule has 0 saturated heterocycles. The van der Waals surface area contributed by atoms with Gasteiger partial charge in [0.15, 0.2) is 0 Å². The zero-order valence-electron chi connectivity index (χ0n) is 34.5. The molecule has 294 valence electrons. The molecule has 0 aliphatic heterocycles. The molecule has 1 heterocycles. The Labute approximate surface area is 367 Å². The van der Waals surface area contributed by atoms with Crippen molar-refractivity contribution in [1.82, 2.24) is 4.57 Å². The molecule has 63 heavy (non-hydrogen) atoms. The summed E-state index contributed by atoms with van der Waals surface area (Å²) in [5.74, 6) is 0. The van der Waals surface area contributed by atoms with Crippen LogP contribution in [0.25, 0.3) is 72.0 Å². The number of hydrogen-bond acceptors (Lipinski definition) is 1. The Bertz CT molecular complexity index is 3420. The van der Waals surface area contributed by atoms with Crippen molar-refractivity contribution in [3.8, 4) is 50.2 Å². The Hall–Kier alpha value is -8.20. The molecule has 2 aliphatic carbocycles. The van der Waals surface area contributed by atoms with E-state index in [1.807, 2.05) is 0 Å². The summed E-state index contributed by atoms with van der Waals surface area (Å²) < 4.78 is 2.37. The van der Waals surface area contributed by atoms with Crippen LogP contribution in [0.1, 0.15) is 22.3 Å². The van der Waals surface area contributed by atoms with Crippen LogP contribution in [0.5, 0.6) is 0 Å². The van der Waals surface area contributed by atoms with Gasteiger partial charge in [0.25, 0.3) is 0 Å². The van der Waals surface area contributed by atoms with Crippen molar-refractivity contribution in [3.63, 3.8) is 0 Å². The van der Waals surface area contributed by atoms with Gasteiger partial charge < -0.3 is 9.47 Å². The highest BCUT2D eigenvalue weighted by Crippen LogP contribution is 2.64. The van der Waals surface area contributed by atoms with E-state index in [1.54, 1.807) is 0 Å². The minimum Gasteiger partial charge on any atom is -0.311 e. The van der Waals surface area contributed by atoms with Crippen LogP contribution in [0, 0.1) is 0 Å². The number of para-hydroxylation sites is 3. The number of anilines is 3. The van der Waals surface area contributed by atoms with Crippen LogP contribution in [0.15, 0.2) is 243 Å². The number of hydrogen-bond donors (Lipinski definition) is 0. The van der Waals surface area contributed by atoms with Crippen LogP contribution in [0.4, 0.5) is 17.1 Å². The van der Waals surface area contributed by atoms with Gasteiger partial charge in [0.1, 0.15) is 0 Å². The monoisotopic (exact) mass is 800 g/mol. The summed E-state index contributed by atoms with van der Waals surface area (Å²) in [5, 5.41) is 2.55. The molecule has 2 nitrogen and oxygen atoms in total. The van der Waals surface area contributed by atoms with Gasteiger partial charge in [0, 0.05) is 33.5 Å². The fourth-order valence-corrected chi connectivity index (χ4v) is 11.0. The number of rotatable bonds is 6. The molecule has 2 aliphatic rings. The van der Waals surface area contributed by atoms with Crippen molar-refractivity contribution >= 4 is 38.9 Å². The smallest absolute Gasteiger partial charge is 0.0731 e. The first-order chi connectivity index (χ1) is 31.3. The van der Waals surface area contributed by atoms with E-state index in [0.717, 1.165) is 22.7 Å². The second-order valence-corrected chi connectivity index (χ2v) is 16.8. The molecule has 0 fully saturated rings. The summed E-state index contributed by atoms with van der Waals surface area (Å²) >= 11 is 0. The van der Waals surface area contributed by atoms with E-state index in [4.69, 9.17) is 0 Å². The predicted molar refractivity (Wildman–Crippen MR) is 263 cm³/mol. The topological polar surface area (TPSA) is 8.17 Å². The molecule has 13 rings (SSSR count). The Morgan fingerprint density at radius 2 is 0.683 bits per heavy atom. The largest absolute Gasteiger partial charge is 0.311 e. The highest BCUT2D eigenvalue weighted by Gasteiger charge is 2.52. The summed E-state index contributed by atoms with van der Waals surface area (Å²) in [7, 11) is 0. The number of fused-ring (bicyclic) bond motifs is 13. The minimum atomic E-state index is -0.405. The molecule has 1 aromatic heterocycles. The van der Waals surface area contributed by atoms with Gasteiger partial charge in [-0.25, -0.2) is 0 Å². The zero-order valence-corrected chi connectivity index (χ0v) is 34.5. The lowest BCUT2D eigenvalue weighted by molar-refractivity contribution is 0.796. The van der Waals surface area contributed by atoms with E-state index in [2.05, 4.69) is 252 Å². The van der Waals surface area contributed by atoms with E-state index in [-0.39, 0.29) is 0 Å². The molecule has 0 radical (unpaired) electrons. The zero-order chi connectivity index (χ0) is 41.5. The molecule has 0 unspecified atom stereocenters. The number of nitrogens with zero attached hydrogens (tertiary/aromatic N) is 2. The van der Waals surface area contributed by atoms with Gasteiger partial charge >= 0.3 is 0 Å². The summed E-state index contributed by atoms with van der Waals surface area (Å²) in [4.78, 5) is 2.36. The molecular formula is C61H40N2. The molecule has 11 aromatic rings. The first-order valence-electron chi connectivity index (χ1n) is 21.8. The van der Waals surface area contributed by atoms with E-state index in [0.29, 0.717) is 0 Å². The molecule has 0 atom stereocenters. The van der Waals surface area contributed by atoms with E-state index in [9.17, 15) is 0 Å². The average molecular weight is 801 g/mol. The van der Waals surface area contributed by atoms with Crippen molar-refractivity contribution in [1.29, 1.82) is 0 Å². The van der Waals surface area contributed by atoms with Crippen molar-refractivity contribution < 1.29 is 0 Å². The van der Waals surface area contributed by atoms with E-state index < -0.39 is 5.41 Å². The van der Waals surface area contributed by atoms with Crippen molar-refractivity contribution in [2.24, 2.45) is 0 Å². The quantitative estimate of drug-likeness (QED) is 0.163. The van der Waals surface area contributed by atoms with Gasteiger partial charge in [-0.1, -0.05) is 182 Å². The first kappa shape index (κ1) is 35.5. The Morgan fingerprint density at radius 3 is 1.24 bits per heavy atom. The second kappa shape index (κ2) is 13.9.